The van der Waals surface area contributed by atoms with Gasteiger partial charge in [0, 0.05) is 11.1 Å². The maximum Gasteiger partial charge on any atom is 0.354 e. The van der Waals surface area contributed by atoms with Gasteiger partial charge in [-0.15, -0.1) is 11.3 Å². The number of nitrogens with zero attached hydrogens (tertiary/aromatic N) is 1. The van der Waals surface area contributed by atoms with E-state index in [9.17, 15) is 9.59 Å². The number of anilines is 1. The second kappa shape index (κ2) is 7.33. The molecule has 0 radical (unpaired) electrons. The monoisotopic (exact) mass is 370 g/mol. The van der Waals surface area contributed by atoms with Crippen LogP contribution in [-0.2, 0) is 9.53 Å². The van der Waals surface area contributed by atoms with Crippen molar-refractivity contribution in [2.45, 2.75) is 33.2 Å². The first-order valence-corrected chi connectivity index (χ1v) is 9.39. The number of ether oxygens (including phenoxy) is 1. The Morgan fingerprint density at radius 1 is 1.23 bits per heavy atom. The van der Waals surface area contributed by atoms with Crippen LogP contribution in [0.4, 0.5) is 5.69 Å². The van der Waals surface area contributed by atoms with Crippen molar-refractivity contribution in [3.63, 3.8) is 0 Å². The first-order chi connectivity index (χ1) is 12.5. The average Bonchev–Trinajstić information content (AvgIpc) is 3.20. The fourth-order valence-corrected chi connectivity index (χ4v) is 4.16. The average molecular weight is 370 g/mol. The molecule has 3 rings (SSSR count). The van der Waals surface area contributed by atoms with Crippen LogP contribution in [0.5, 0.6) is 0 Å². The molecule has 1 atom stereocenters. The Morgan fingerprint density at radius 2 is 1.92 bits per heavy atom. The van der Waals surface area contributed by atoms with Crippen molar-refractivity contribution in [2.75, 3.05) is 12.4 Å². The largest absolute Gasteiger partial charge is 0.464 e. The molecule has 2 heterocycles. The predicted octanol–water partition coefficient (Wildman–Crippen LogP) is 4.70. The number of hydrogen-bond donors (Lipinski definition) is 1. The summed E-state index contributed by atoms with van der Waals surface area (Å²) in [6, 6.07) is 9.13. The number of hydrogen-bond acceptors (Lipinski definition) is 4. The summed E-state index contributed by atoms with van der Waals surface area (Å²) in [6.45, 7) is 5.88. The third kappa shape index (κ3) is 3.12. The summed E-state index contributed by atoms with van der Waals surface area (Å²) in [4.78, 5) is 26.2. The SMILES string of the molecule is CC[C@H](C(=O)Nc1c(C)cccc1C)n1c(C(=O)OC)cc2ccsc21. The summed E-state index contributed by atoms with van der Waals surface area (Å²) in [5.41, 5.74) is 3.24. The van der Waals surface area contributed by atoms with Gasteiger partial charge in [-0.1, -0.05) is 25.1 Å². The lowest BCUT2D eigenvalue weighted by Crippen LogP contribution is -2.28. The van der Waals surface area contributed by atoms with Gasteiger partial charge in [-0.2, -0.15) is 0 Å². The quantitative estimate of drug-likeness (QED) is 0.663. The van der Waals surface area contributed by atoms with E-state index in [0.717, 1.165) is 27.0 Å². The van der Waals surface area contributed by atoms with Gasteiger partial charge < -0.3 is 14.6 Å². The molecule has 0 fully saturated rings. The molecule has 6 heteroatoms. The highest BCUT2D eigenvalue weighted by molar-refractivity contribution is 7.16. The number of para-hydroxylation sites is 1. The molecule has 1 amide bonds. The van der Waals surface area contributed by atoms with Gasteiger partial charge in [0.1, 0.15) is 16.6 Å². The lowest BCUT2D eigenvalue weighted by atomic mass is 10.1. The Hall–Kier alpha value is -2.60. The van der Waals surface area contributed by atoms with E-state index in [1.165, 1.54) is 18.4 Å². The summed E-state index contributed by atoms with van der Waals surface area (Å²) < 4.78 is 6.72. The van der Waals surface area contributed by atoms with Crippen molar-refractivity contribution < 1.29 is 14.3 Å². The molecule has 0 saturated carbocycles. The van der Waals surface area contributed by atoms with Crippen molar-refractivity contribution in [1.29, 1.82) is 0 Å². The van der Waals surface area contributed by atoms with Crippen molar-refractivity contribution in [2.24, 2.45) is 0 Å². The highest BCUT2D eigenvalue weighted by atomic mass is 32.1. The number of carbonyl (C=O) groups excluding carboxylic acids is 2. The number of methoxy groups -OCH3 is 1. The van der Waals surface area contributed by atoms with Crippen LogP contribution in [0.25, 0.3) is 10.2 Å². The van der Waals surface area contributed by atoms with Crippen LogP contribution >= 0.6 is 11.3 Å². The molecule has 1 aromatic carbocycles. The number of aryl methyl sites for hydroxylation is 2. The zero-order valence-electron chi connectivity index (χ0n) is 15.3. The number of fused-ring (bicyclic) bond motifs is 1. The molecule has 1 N–H and O–H groups in total. The van der Waals surface area contributed by atoms with E-state index in [4.69, 9.17) is 4.74 Å². The zero-order chi connectivity index (χ0) is 18.8. The maximum absolute atomic E-state index is 13.1. The van der Waals surface area contributed by atoms with Gasteiger partial charge in [0.25, 0.3) is 0 Å². The van der Waals surface area contributed by atoms with E-state index in [2.05, 4.69) is 5.32 Å². The summed E-state index contributed by atoms with van der Waals surface area (Å²) in [6.07, 6.45) is 0.558. The third-order valence-electron chi connectivity index (χ3n) is 4.57. The highest BCUT2D eigenvalue weighted by Crippen LogP contribution is 2.31. The van der Waals surface area contributed by atoms with Crippen molar-refractivity contribution in [3.05, 3.63) is 52.5 Å². The predicted molar refractivity (Wildman–Crippen MR) is 105 cm³/mol. The van der Waals surface area contributed by atoms with E-state index in [0.29, 0.717) is 12.1 Å². The summed E-state index contributed by atoms with van der Waals surface area (Å²) >= 11 is 1.51. The molecular formula is C20H22N2O3S. The molecule has 0 bridgehead atoms. The van der Waals surface area contributed by atoms with E-state index in [-0.39, 0.29) is 5.91 Å². The number of esters is 1. The number of carbonyl (C=O) groups is 2. The van der Waals surface area contributed by atoms with E-state index in [1.54, 1.807) is 10.6 Å². The molecule has 2 aromatic heterocycles. The molecular weight excluding hydrogens is 348 g/mol. The Labute approximate surface area is 156 Å². The Kier molecular flexibility index (Phi) is 5.13. The number of rotatable bonds is 5. The molecule has 0 aliphatic carbocycles. The Morgan fingerprint density at radius 3 is 2.54 bits per heavy atom. The molecule has 0 aliphatic heterocycles. The van der Waals surface area contributed by atoms with Crippen molar-refractivity contribution >= 4 is 39.1 Å². The van der Waals surface area contributed by atoms with Gasteiger partial charge in [-0.05, 0) is 48.9 Å². The second-order valence-corrected chi connectivity index (χ2v) is 7.15. The van der Waals surface area contributed by atoms with Gasteiger partial charge in [0.05, 0.1) is 7.11 Å². The minimum Gasteiger partial charge on any atom is -0.464 e. The molecule has 136 valence electrons. The molecule has 0 unspecified atom stereocenters. The van der Waals surface area contributed by atoms with Crippen LogP contribution < -0.4 is 5.32 Å². The van der Waals surface area contributed by atoms with Crippen molar-refractivity contribution in [1.82, 2.24) is 4.57 Å². The number of nitrogens with one attached hydrogen (secondary N) is 1. The van der Waals surface area contributed by atoms with Crippen LogP contribution in [-0.4, -0.2) is 23.6 Å². The van der Waals surface area contributed by atoms with Crippen LogP contribution in [0.2, 0.25) is 0 Å². The molecule has 0 saturated heterocycles. The third-order valence-corrected chi connectivity index (χ3v) is 5.50. The molecule has 3 aromatic rings. The van der Waals surface area contributed by atoms with Crippen LogP contribution in [0, 0.1) is 13.8 Å². The lowest BCUT2D eigenvalue weighted by molar-refractivity contribution is -0.119. The minimum absolute atomic E-state index is 0.138. The Balaban J connectivity index is 2.03. The van der Waals surface area contributed by atoms with Crippen LogP contribution in [0.15, 0.2) is 35.7 Å². The fourth-order valence-electron chi connectivity index (χ4n) is 3.22. The normalized spacial score (nSPS) is 12.2. The van der Waals surface area contributed by atoms with Crippen LogP contribution in [0.3, 0.4) is 0 Å². The van der Waals surface area contributed by atoms with E-state index < -0.39 is 12.0 Å². The highest BCUT2D eigenvalue weighted by Gasteiger charge is 2.27. The second-order valence-electron chi connectivity index (χ2n) is 6.25. The Bertz CT molecular complexity index is 951. The van der Waals surface area contributed by atoms with Gasteiger partial charge in [-0.3, -0.25) is 4.79 Å². The number of aromatic nitrogens is 1. The molecule has 0 spiro atoms. The molecule has 0 aliphatic rings. The van der Waals surface area contributed by atoms with Crippen LogP contribution in [0.1, 0.15) is 41.0 Å². The summed E-state index contributed by atoms with van der Waals surface area (Å²) in [7, 11) is 1.35. The van der Waals surface area contributed by atoms with E-state index in [1.807, 2.05) is 50.4 Å². The first-order valence-electron chi connectivity index (χ1n) is 8.51. The fraction of sp³-hybridized carbons (Fsp3) is 0.300. The smallest absolute Gasteiger partial charge is 0.354 e. The maximum atomic E-state index is 13.1. The zero-order valence-corrected chi connectivity index (χ0v) is 16.1. The van der Waals surface area contributed by atoms with Gasteiger partial charge in [0.15, 0.2) is 0 Å². The van der Waals surface area contributed by atoms with Gasteiger partial charge >= 0.3 is 5.97 Å². The lowest BCUT2D eigenvalue weighted by Gasteiger charge is -2.21. The van der Waals surface area contributed by atoms with Gasteiger partial charge in [-0.25, -0.2) is 4.79 Å². The van der Waals surface area contributed by atoms with E-state index >= 15 is 0 Å². The molecule has 26 heavy (non-hydrogen) atoms. The standard InChI is InChI=1S/C20H22N2O3S/c1-5-15(18(23)21-17-12(2)7-6-8-13(17)3)22-16(20(24)25-4)11-14-9-10-26-19(14)22/h6-11,15H,5H2,1-4H3,(H,21,23)/t15-/m1/s1. The topological polar surface area (TPSA) is 60.3 Å². The summed E-state index contributed by atoms with van der Waals surface area (Å²) in [5, 5.41) is 5.95. The molecule has 5 nitrogen and oxygen atoms in total. The first kappa shape index (κ1) is 18.2. The number of thiophene rings is 1. The number of benzene rings is 1. The minimum atomic E-state index is -0.501. The van der Waals surface area contributed by atoms with Crippen molar-refractivity contribution in [3.8, 4) is 0 Å². The number of amides is 1. The summed E-state index contributed by atoms with van der Waals surface area (Å²) in [5.74, 6) is -0.576. The van der Waals surface area contributed by atoms with Gasteiger partial charge in [0.2, 0.25) is 5.91 Å².